The number of unbranched alkanes of at least 4 members (excludes halogenated alkanes) is 1. The first-order chi connectivity index (χ1) is 15.0. The minimum atomic E-state index is -0.519. The highest BCUT2D eigenvalue weighted by molar-refractivity contribution is 6.22. The van der Waals surface area contributed by atoms with Crippen molar-refractivity contribution in [3.8, 4) is 0 Å². The topological polar surface area (TPSA) is 93.2 Å². The molecule has 2 aliphatic heterocycles. The third-order valence-electron chi connectivity index (χ3n) is 5.81. The van der Waals surface area contributed by atoms with E-state index in [1.165, 1.54) is 4.90 Å². The number of hydrogen-bond acceptors (Lipinski definition) is 7. The van der Waals surface area contributed by atoms with Crippen LogP contribution in [0.3, 0.4) is 0 Å². The van der Waals surface area contributed by atoms with Gasteiger partial charge in [-0.05, 0) is 63.5 Å². The standard InChI is InChI=1S/C23H30N2O6/c1-3-5-14-31-23(29)16-6-8-18(9-7-16)25-20(26)15-19(21(25)27)24-12-10-17(11-13-24)22(28)30-4-2/h6-9,17,19H,3-5,10-15H2,1-2H3/t19-/m0/s1. The first-order valence-corrected chi connectivity index (χ1v) is 11.0. The maximum atomic E-state index is 13.0. The van der Waals surface area contributed by atoms with Gasteiger partial charge in [-0.1, -0.05) is 13.3 Å². The molecule has 2 aliphatic rings. The van der Waals surface area contributed by atoms with Crippen molar-refractivity contribution in [2.24, 2.45) is 5.92 Å². The monoisotopic (exact) mass is 430 g/mol. The van der Waals surface area contributed by atoms with E-state index in [2.05, 4.69) is 0 Å². The fourth-order valence-corrected chi connectivity index (χ4v) is 4.02. The van der Waals surface area contributed by atoms with Crippen molar-refractivity contribution < 1.29 is 28.7 Å². The Kier molecular flexibility index (Phi) is 7.79. The van der Waals surface area contributed by atoms with Crippen molar-refractivity contribution in [3.63, 3.8) is 0 Å². The van der Waals surface area contributed by atoms with E-state index in [0.717, 1.165) is 12.8 Å². The van der Waals surface area contributed by atoms with Crippen LogP contribution in [0.25, 0.3) is 0 Å². The van der Waals surface area contributed by atoms with Gasteiger partial charge in [0.15, 0.2) is 0 Å². The number of anilines is 1. The number of likely N-dealkylation sites (tertiary alicyclic amines) is 1. The van der Waals surface area contributed by atoms with Crippen LogP contribution in [0.15, 0.2) is 24.3 Å². The molecule has 1 atom stereocenters. The molecule has 0 N–H and O–H groups in total. The molecule has 0 saturated carbocycles. The molecule has 8 nitrogen and oxygen atoms in total. The third kappa shape index (κ3) is 5.31. The molecule has 0 bridgehead atoms. The summed E-state index contributed by atoms with van der Waals surface area (Å²) in [5.74, 6) is -1.28. The Balaban J connectivity index is 1.60. The van der Waals surface area contributed by atoms with Crippen LogP contribution in [0.2, 0.25) is 0 Å². The van der Waals surface area contributed by atoms with Crippen molar-refractivity contribution in [1.82, 2.24) is 4.90 Å². The smallest absolute Gasteiger partial charge is 0.338 e. The Morgan fingerprint density at radius 1 is 1.03 bits per heavy atom. The van der Waals surface area contributed by atoms with Crippen molar-refractivity contribution in [2.45, 2.75) is 52.0 Å². The average molecular weight is 431 g/mol. The lowest BCUT2D eigenvalue weighted by molar-refractivity contribution is -0.149. The van der Waals surface area contributed by atoms with Gasteiger partial charge in [0.2, 0.25) is 5.91 Å². The average Bonchev–Trinajstić information content (AvgIpc) is 3.08. The number of amides is 2. The lowest BCUT2D eigenvalue weighted by atomic mass is 9.95. The molecule has 0 radical (unpaired) electrons. The normalized spacial score (nSPS) is 20.2. The molecule has 0 aromatic heterocycles. The van der Waals surface area contributed by atoms with E-state index in [1.807, 2.05) is 11.8 Å². The molecule has 1 aromatic rings. The number of piperidine rings is 1. The van der Waals surface area contributed by atoms with Crippen LogP contribution >= 0.6 is 0 Å². The summed E-state index contributed by atoms with van der Waals surface area (Å²) in [7, 11) is 0. The summed E-state index contributed by atoms with van der Waals surface area (Å²) in [4.78, 5) is 52.8. The maximum absolute atomic E-state index is 13.0. The molecule has 0 spiro atoms. The molecule has 168 valence electrons. The lowest BCUT2D eigenvalue weighted by Gasteiger charge is -2.33. The van der Waals surface area contributed by atoms with Crippen molar-refractivity contribution >= 4 is 29.4 Å². The Bertz CT molecular complexity index is 814. The van der Waals surface area contributed by atoms with Gasteiger partial charge in [0.05, 0.1) is 42.8 Å². The van der Waals surface area contributed by atoms with E-state index in [9.17, 15) is 19.2 Å². The van der Waals surface area contributed by atoms with Gasteiger partial charge in [-0.25, -0.2) is 9.69 Å². The Morgan fingerprint density at radius 3 is 2.32 bits per heavy atom. The van der Waals surface area contributed by atoms with Gasteiger partial charge in [0.25, 0.3) is 5.91 Å². The lowest BCUT2D eigenvalue weighted by Crippen LogP contribution is -2.47. The second kappa shape index (κ2) is 10.5. The fourth-order valence-electron chi connectivity index (χ4n) is 4.02. The van der Waals surface area contributed by atoms with E-state index in [0.29, 0.717) is 50.4 Å². The predicted molar refractivity (Wildman–Crippen MR) is 113 cm³/mol. The molecule has 1 aromatic carbocycles. The third-order valence-corrected chi connectivity index (χ3v) is 5.81. The maximum Gasteiger partial charge on any atom is 0.338 e. The SMILES string of the molecule is CCCCOC(=O)c1ccc(N2C(=O)C[C@H](N3CCC(C(=O)OCC)CC3)C2=O)cc1. The van der Waals surface area contributed by atoms with Crippen molar-refractivity contribution in [1.29, 1.82) is 0 Å². The molecule has 2 amide bonds. The van der Waals surface area contributed by atoms with Gasteiger partial charge >= 0.3 is 11.9 Å². The molecular weight excluding hydrogens is 400 g/mol. The number of nitrogens with zero attached hydrogens (tertiary/aromatic N) is 2. The number of carbonyl (C=O) groups is 4. The van der Waals surface area contributed by atoms with Crippen LogP contribution in [-0.4, -0.2) is 61.0 Å². The van der Waals surface area contributed by atoms with Crippen LogP contribution in [0.5, 0.6) is 0 Å². The molecule has 31 heavy (non-hydrogen) atoms. The summed E-state index contributed by atoms with van der Waals surface area (Å²) < 4.78 is 10.3. The number of imide groups is 1. The Labute approximate surface area is 182 Å². The van der Waals surface area contributed by atoms with E-state index < -0.39 is 12.0 Å². The Hall–Kier alpha value is -2.74. The highest BCUT2D eigenvalue weighted by atomic mass is 16.5. The highest BCUT2D eigenvalue weighted by Crippen LogP contribution is 2.29. The number of ether oxygens (including phenoxy) is 2. The van der Waals surface area contributed by atoms with Crippen molar-refractivity contribution in [3.05, 3.63) is 29.8 Å². The van der Waals surface area contributed by atoms with Crippen LogP contribution in [-0.2, 0) is 23.9 Å². The zero-order valence-electron chi connectivity index (χ0n) is 18.2. The molecule has 0 aliphatic carbocycles. The zero-order chi connectivity index (χ0) is 22.4. The van der Waals surface area contributed by atoms with Gasteiger partial charge in [0.1, 0.15) is 0 Å². The van der Waals surface area contributed by atoms with E-state index in [-0.39, 0.29) is 30.1 Å². The molecular formula is C23H30N2O6. The number of benzene rings is 1. The summed E-state index contributed by atoms with van der Waals surface area (Å²) in [5.41, 5.74) is 0.834. The summed E-state index contributed by atoms with van der Waals surface area (Å²) in [6.07, 6.45) is 3.09. The summed E-state index contributed by atoms with van der Waals surface area (Å²) >= 11 is 0. The number of esters is 2. The van der Waals surface area contributed by atoms with Crippen LogP contribution in [0.4, 0.5) is 5.69 Å². The molecule has 8 heteroatoms. The fraction of sp³-hybridized carbons (Fsp3) is 0.565. The van der Waals surface area contributed by atoms with Gasteiger partial charge in [-0.15, -0.1) is 0 Å². The van der Waals surface area contributed by atoms with Gasteiger partial charge in [0, 0.05) is 0 Å². The van der Waals surface area contributed by atoms with Crippen LogP contribution in [0, 0.1) is 5.92 Å². The molecule has 2 heterocycles. The van der Waals surface area contributed by atoms with Gasteiger partial charge < -0.3 is 9.47 Å². The molecule has 0 unspecified atom stereocenters. The summed E-state index contributed by atoms with van der Waals surface area (Å²) in [6, 6.07) is 5.82. The minimum absolute atomic E-state index is 0.115. The van der Waals surface area contributed by atoms with E-state index in [4.69, 9.17) is 9.47 Å². The predicted octanol–water partition coefficient (Wildman–Crippen LogP) is 2.55. The number of carbonyl (C=O) groups excluding carboxylic acids is 4. The first kappa shape index (κ1) is 22.9. The minimum Gasteiger partial charge on any atom is -0.466 e. The van der Waals surface area contributed by atoms with Crippen LogP contribution < -0.4 is 4.90 Å². The van der Waals surface area contributed by atoms with Gasteiger partial charge in [-0.3, -0.25) is 19.3 Å². The molecule has 2 fully saturated rings. The van der Waals surface area contributed by atoms with Crippen molar-refractivity contribution in [2.75, 3.05) is 31.2 Å². The number of hydrogen-bond donors (Lipinski definition) is 0. The summed E-state index contributed by atoms with van der Waals surface area (Å²) in [5, 5.41) is 0. The van der Waals surface area contributed by atoms with E-state index >= 15 is 0 Å². The second-order valence-corrected chi connectivity index (χ2v) is 7.89. The van der Waals surface area contributed by atoms with E-state index in [1.54, 1.807) is 31.2 Å². The first-order valence-electron chi connectivity index (χ1n) is 11.0. The molecule has 3 rings (SSSR count). The van der Waals surface area contributed by atoms with Gasteiger partial charge in [-0.2, -0.15) is 0 Å². The second-order valence-electron chi connectivity index (χ2n) is 7.89. The Morgan fingerprint density at radius 2 is 1.71 bits per heavy atom. The largest absolute Gasteiger partial charge is 0.466 e. The molecule has 2 saturated heterocycles. The number of rotatable bonds is 8. The van der Waals surface area contributed by atoms with Crippen LogP contribution in [0.1, 0.15) is 56.3 Å². The zero-order valence-corrected chi connectivity index (χ0v) is 18.2. The quantitative estimate of drug-likeness (QED) is 0.355. The highest BCUT2D eigenvalue weighted by Gasteiger charge is 2.44. The summed E-state index contributed by atoms with van der Waals surface area (Å²) in [6.45, 7) is 5.68.